The largest absolute Gasteiger partial charge is 0.492 e. The molecule has 0 atom stereocenters. The van der Waals surface area contributed by atoms with Crippen molar-refractivity contribution in [1.29, 1.82) is 5.26 Å². The Bertz CT molecular complexity index is 1430. The number of rotatable bonds is 6. The highest BCUT2D eigenvalue weighted by Crippen LogP contribution is 2.44. The van der Waals surface area contributed by atoms with Crippen LogP contribution in [-0.2, 0) is 14.0 Å². The normalized spacial score (nSPS) is 17.3. The molecule has 1 aliphatic heterocycles. The van der Waals surface area contributed by atoms with E-state index in [1.165, 1.54) is 22.3 Å². The van der Waals surface area contributed by atoms with Gasteiger partial charge in [-0.3, -0.25) is 0 Å². The fourth-order valence-electron chi connectivity index (χ4n) is 5.14. The van der Waals surface area contributed by atoms with Crippen LogP contribution in [0.15, 0.2) is 72.2 Å². The molecular weight excluding hydrogens is 487 g/mol. The molecule has 5 rings (SSSR count). The third kappa shape index (κ3) is 5.23. The maximum Gasteiger partial charge on any atom is 0.492 e. The lowest BCUT2D eigenvalue weighted by molar-refractivity contribution is 0.00578. The Morgan fingerprint density at radius 1 is 1.00 bits per heavy atom. The van der Waals surface area contributed by atoms with Crippen LogP contribution in [-0.4, -0.2) is 37.6 Å². The molecule has 6 nitrogen and oxygen atoms in total. The number of nitriles is 1. The molecule has 0 bridgehead atoms. The van der Waals surface area contributed by atoms with Crippen LogP contribution < -0.4 is 5.32 Å². The second kappa shape index (κ2) is 10.4. The van der Waals surface area contributed by atoms with Gasteiger partial charge in [-0.1, -0.05) is 66.7 Å². The van der Waals surface area contributed by atoms with Crippen molar-refractivity contribution in [3.8, 4) is 17.2 Å². The molecule has 2 aliphatic rings. The quantitative estimate of drug-likeness (QED) is 0.380. The van der Waals surface area contributed by atoms with Gasteiger partial charge in [0, 0.05) is 12.5 Å². The second-order valence-electron chi connectivity index (χ2n) is 11.2. The van der Waals surface area contributed by atoms with Gasteiger partial charge >= 0.3 is 13.2 Å². The summed E-state index contributed by atoms with van der Waals surface area (Å²) in [6.45, 7) is 10.3. The lowest BCUT2D eigenvalue weighted by Crippen LogP contribution is -2.41. The molecule has 0 radical (unpaired) electrons. The molecule has 7 heteroatoms. The maximum atomic E-state index is 12.9. The zero-order valence-electron chi connectivity index (χ0n) is 23.1. The first-order valence-electron chi connectivity index (χ1n) is 13.3. The van der Waals surface area contributed by atoms with Crippen molar-refractivity contribution >= 4 is 19.3 Å². The average Bonchev–Trinajstić information content (AvgIpc) is 3.34. The molecule has 39 heavy (non-hydrogen) atoms. The third-order valence-corrected chi connectivity index (χ3v) is 8.06. The maximum absolute atomic E-state index is 12.9. The van der Waals surface area contributed by atoms with E-state index in [9.17, 15) is 10.1 Å². The van der Waals surface area contributed by atoms with E-state index < -0.39 is 24.4 Å². The van der Waals surface area contributed by atoms with Gasteiger partial charge in [-0.05, 0) is 79.5 Å². The third-order valence-electron chi connectivity index (χ3n) is 8.06. The van der Waals surface area contributed by atoms with Crippen LogP contribution in [0.25, 0.3) is 17.2 Å². The van der Waals surface area contributed by atoms with Gasteiger partial charge in [0.1, 0.15) is 6.61 Å². The predicted molar refractivity (Wildman–Crippen MR) is 153 cm³/mol. The SMILES string of the molecule is Cc1cc(C=C(CNC(=O)OCC2c3ccccc3-c3ccccc32)B2OC(C)(C)C(C)(C)O2)ccc1C#N. The van der Waals surface area contributed by atoms with E-state index in [2.05, 4.69) is 35.7 Å². The van der Waals surface area contributed by atoms with Gasteiger partial charge in [-0.15, -0.1) is 0 Å². The predicted octanol–water partition coefficient (Wildman–Crippen LogP) is 6.42. The Labute approximate surface area is 230 Å². The van der Waals surface area contributed by atoms with Crippen molar-refractivity contribution in [3.05, 3.63) is 100 Å². The van der Waals surface area contributed by atoms with Gasteiger partial charge in [-0.25, -0.2) is 4.79 Å². The van der Waals surface area contributed by atoms with Gasteiger partial charge in [0.15, 0.2) is 0 Å². The number of carbonyl (C=O) groups excluding carboxylic acids is 1. The number of hydrogen-bond acceptors (Lipinski definition) is 5. The number of amides is 1. The number of aryl methyl sites for hydroxylation is 1. The van der Waals surface area contributed by atoms with Crippen molar-refractivity contribution in [2.75, 3.05) is 13.2 Å². The highest BCUT2D eigenvalue weighted by atomic mass is 16.7. The fourth-order valence-corrected chi connectivity index (χ4v) is 5.14. The molecule has 0 spiro atoms. The molecule has 1 fully saturated rings. The second-order valence-corrected chi connectivity index (χ2v) is 11.2. The monoisotopic (exact) mass is 520 g/mol. The number of hydrogen-bond donors (Lipinski definition) is 1. The summed E-state index contributed by atoms with van der Waals surface area (Å²) in [6.07, 6.45) is 1.44. The van der Waals surface area contributed by atoms with Crippen LogP contribution in [0.3, 0.4) is 0 Å². The van der Waals surface area contributed by atoms with Gasteiger partial charge < -0.3 is 19.4 Å². The zero-order valence-corrected chi connectivity index (χ0v) is 23.1. The number of alkyl carbamates (subject to hydrolysis) is 1. The molecule has 1 aliphatic carbocycles. The summed E-state index contributed by atoms with van der Waals surface area (Å²) in [4.78, 5) is 12.9. The Hall–Kier alpha value is -3.86. The van der Waals surface area contributed by atoms with Crippen molar-refractivity contribution in [1.82, 2.24) is 5.32 Å². The Kier molecular flexibility index (Phi) is 7.11. The molecular formula is C32H33BN2O4. The molecule has 198 valence electrons. The number of fused-ring (bicyclic) bond motifs is 3. The first kappa shape index (κ1) is 26.7. The van der Waals surface area contributed by atoms with Gasteiger partial charge in [0.2, 0.25) is 0 Å². The first-order valence-corrected chi connectivity index (χ1v) is 13.3. The lowest BCUT2D eigenvalue weighted by atomic mass is 9.77. The van der Waals surface area contributed by atoms with Gasteiger partial charge in [0.05, 0.1) is 22.8 Å². The summed E-state index contributed by atoms with van der Waals surface area (Å²) < 4.78 is 18.3. The molecule has 3 aromatic rings. The molecule has 1 amide bonds. The van der Waals surface area contributed by atoms with E-state index in [-0.39, 0.29) is 19.1 Å². The van der Waals surface area contributed by atoms with E-state index in [1.807, 2.05) is 77.1 Å². The highest BCUT2D eigenvalue weighted by molar-refractivity contribution is 6.56. The smallest absolute Gasteiger partial charge is 0.449 e. The lowest BCUT2D eigenvalue weighted by Gasteiger charge is -2.32. The highest BCUT2D eigenvalue weighted by Gasteiger charge is 2.52. The Morgan fingerprint density at radius 3 is 2.15 bits per heavy atom. The molecule has 0 aromatic heterocycles. The summed E-state index contributed by atoms with van der Waals surface area (Å²) >= 11 is 0. The zero-order chi connectivity index (χ0) is 27.8. The molecule has 1 heterocycles. The average molecular weight is 520 g/mol. The number of carbonyl (C=O) groups is 1. The summed E-state index contributed by atoms with van der Waals surface area (Å²) in [5, 5.41) is 12.2. The van der Waals surface area contributed by atoms with Gasteiger partial charge in [-0.2, -0.15) is 5.26 Å². The summed E-state index contributed by atoms with van der Waals surface area (Å²) in [6, 6.07) is 24.3. The number of nitrogens with zero attached hydrogens (tertiary/aromatic N) is 1. The number of benzene rings is 3. The first-order chi connectivity index (χ1) is 18.6. The van der Waals surface area contributed by atoms with Crippen LogP contribution in [0.4, 0.5) is 4.79 Å². The van der Waals surface area contributed by atoms with E-state index in [1.54, 1.807) is 6.07 Å². The topological polar surface area (TPSA) is 80.6 Å². The van der Waals surface area contributed by atoms with Crippen molar-refractivity contribution in [2.45, 2.75) is 51.7 Å². The standard InChI is InChI=1S/C32H33BN2O4/c1-21-16-22(14-15-23(21)18-34)17-24(33-38-31(2,3)32(4,5)39-33)19-35-30(36)37-20-29-27-12-8-6-10-25(27)26-11-7-9-13-28(26)29/h6-17,29H,19-20H2,1-5H3,(H,35,36). The summed E-state index contributed by atoms with van der Waals surface area (Å²) in [5.41, 5.74) is 6.81. The molecule has 1 saturated heterocycles. The molecule has 1 N–H and O–H groups in total. The fraction of sp³-hybridized carbons (Fsp3) is 0.312. The van der Waals surface area contributed by atoms with Crippen molar-refractivity contribution < 1.29 is 18.8 Å². The summed E-state index contributed by atoms with van der Waals surface area (Å²) in [5.74, 6) is -0.0112. The molecule has 0 saturated carbocycles. The van der Waals surface area contributed by atoms with Crippen LogP contribution in [0.1, 0.15) is 61.4 Å². The van der Waals surface area contributed by atoms with Crippen LogP contribution in [0, 0.1) is 18.3 Å². The minimum Gasteiger partial charge on any atom is -0.449 e. The van der Waals surface area contributed by atoms with Crippen LogP contribution in [0.2, 0.25) is 0 Å². The van der Waals surface area contributed by atoms with E-state index in [4.69, 9.17) is 14.0 Å². The number of nitrogens with one attached hydrogen (secondary N) is 1. The van der Waals surface area contributed by atoms with Crippen molar-refractivity contribution in [3.63, 3.8) is 0 Å². The van der Waals surface area contributed by atoms with E-state index >= 15 is 0 Å². The van der Waals surface area contributed by atoms with Crippen LogP contribution in [0.5, 0.6) is 0 Å². The van der Waals surface area contributed by atoms with Crippen molar-refractivity contribution in [2.24, 2.45) is 0 Å². The van der Waals surface area contributed by atoms with E-state index in [0.717, 1.165) is 16.6 Å². The number of ether oxygens (including phenoxy) is 1. The minimum absolute atomic E-state index is 0.0112. The molecule has 3 aromatic carbocycles. The Morgan fingerprint density at radius 2 is 1.59 bits per heavy atom. The van der Waals surface area contributed by atoms with E-state index in [0.29, 0.717) is 5.56 Å². The minimum atomic E-state index is -0.639. The Balaban J connectivity index is 1.31. The summed E-state index contributed by atoms with van der Waals surface area (Å²) in [7, 11) is -0.639. The van der Waals surface area contributed by atoms with Crippen LogP contribution >= 0.6 is 0 Å². The van der Waals surface area contributed by atoms with Gasteiger partial charge in [0.25, 0.3) is 0 Å². The molecule has 0 unspecified atom stereocenters.